The molecular weight excluding hydrogens is 186 g/mol. The van der Waals surface area contributed by atoms with Crippen molar-refractivity contribution in [2.75, 3.05) is 19.8 Å². The zero-order chi connectivity index (χ0) is 10.7. The fraction of sp³-hybridized carbons (Fsp3) is 0.750. The second kappa shape index (κ2) is 4.39. The number of primary amides is 1. The van der Waals surface area contributed by atoms with E-state index < -0.39 is 17.9 Å². The van der Waals surface area contributed by atoms with Crippen molar-refractivity contribution in [3.8, 4) is 0 Å². The summed E-state index contributed by atoms with van der Waals surface area (Å²) in [5.74, 6) is -1.22. The van der Waals surface area contributed by atoms with Gasteiger partial charge in [0, 0.05) is 6.54 Å². The summed E-state index contributed by atoms with van der Waals surface area (Å²) in [6.45, 7) is 3.24. The minimum Gasteiger partial charge on any atom is -0.377 e. The van der Waals surface area contributed by atoms with E-state index in [-0.39, 0.29) is 6.04 Å². The standard InChI is InChI=1S/C8H15N3O3/c1-5-4-14-3-2-11(5)8(13)6(9)7(10)12/h5-6H,2-4,9H2,1H3,(H2,10,12)/t5-,6-/m0/s1. The summed E-state index contributed by atoms with van der Waals surface area (Å²) >= 11 is 0. The first-order chi connectivity index (χ1) is 6.54. The van der Waals surface area contributed by atoms with E-state index in [1.807, 2.05) is 6.92 Å². The first-order valence-corrected chi connectivity index (χ1v) is 4.47. The van der Waals surface area contributed by atoms with Crippen molar-refractivity contribution < 1.29 is 14.3 Å². The van der Waals surface area contributed by atoms with Crippen molar-refractivity contribution in [1.82, 2.24) is 4.90 Å². The highest BCUT2D eigenvalue weighted by molar-refractivity contribution is 6.03. The van der Waals surface area contributed by atoms with Crippen molar-refractivity contribution in [1.29, 1.82) is 0 Å². The Morgan fingerprint density at radius 2 is 2.21 bits per heavy atom. The predicted octanol–water partition coefficient (Wildman–Crippen LogP) is -1.95. The highest BCUT2D eigenvalue weighted by Gasteiger charge is 2.30. The van der Waals surface area contributed by atoms with Gasteiger partial charge in [0.1, 0.15) is 0 Å². The molecule has 1 aliphatic heterocycles. The molecule has 0 spiro atoms. The van der Waals surface area contributed by atoms with Gasteiger partial charge in [0.05, 0.1) is 19.3 Å². The Kier molecular flexibility index (Phi) is 3.43. The molecule has 0 saturated carbocycles. The second-order valence-corrected chi connectivity index (χ2v) is 3.34. The van der Waals surface area contributed by atoms with Gasteiger partial charge in [-0.2, -0.15) is 0 Å². The molecule has 80 valence electrons. The monoisotopic (exact) mass is 201 g/mol. The van der Waals surface area contributed by atoms with Gasteiger partial charge in [-0.25, -0.2) is 0 Å². The maximum atomic E-state index is 11.6. The summed E-state index contributed by atoms with van der Waals surface area (Å²) in [4.78, 5) is 23.8. The van der Waals surface area contributed by atoms with E-state index in [2.05, 4.69) is 0 Å². The Hall–Kier alpha value is -1.14. The Bertz CT molecular complexity index is 244. The van der Waals surface area contributed by atoms with Crippen molar-refractivity contribution in [2.45, 2.75) is 19.0 Å². The summed E-state index contributed by atoms with van der Waals surface area (Å²) < 4.78 is 5.15. The number of carbonyl (C=O) groups is 2. The van der Waals surface area contributed by atoms with Crippen LogP contribution < -0.4 is 11.5 Å². The highest BCUT2D eigenvalue weighted by atomic mass is 16.5. The number of rotatable bonds is 2. The lowest BCUT2D eigenvalue weighted by Crippen LogP contribution is -2.56. The number of amides is 2. The smallest absolute Gasteiger partial charge is 0.249 e. The first-order valence-electron chi connectivity index (χ1n) is 4.47. The van der Waals surface area contributed by atoms with E-state index in [1.54, 1.807) is 0 Å². The Balaban J connectivity index is 2.62. The van der Waals surface area contributed by atoms with Crippen molar-refractivity contribution in [3.63, 3.8) is 0 Å². The zero-order valence-corrected chi connectivity index (χ0v) is 8.10. The van der Waals surface area contributed by atoms with Crippen LogP contribution in [0.25, 0.3) is 0 Å². The van der Waals surface area contributed by atoms with Gasteiger partial charge in [-0.15, -0.1) is 0 Å². The SMILES string of the molecule is C[C@H]1COCCN1C(=O)[C@@H](N)C(N)=O. The first kappa shape index (κ1) is 10.9. The summed E-state index contributed by atoms with van der Waals surface area (Å²) in [5.41, 5.74) is 10.3. The van der Waals surface area contributed by atoms with E-state index in [4.69, 9.17) is 16.2 Å². The number of morpholine rings is 1. The van der Waals surface area contributed by atoms with Crippen LogP contribution in [0.5, 0.6) is 0 Å². The molecule has 2 amide bonds. The van der Waals surface area contributed by atoms with E-state index in [0.29, 0.717) is 19.8 Å². The molecule has 4 N–H and O–H groups in total. The van der Waals surface area contributed by atoms with Crippen LogP contribution in [0.2, 0.25) is 0 Å². The third-order valence-corrected chi connectivity index (χ3v) is 2.22. The minimum atomic E-state index is -1.24. The molecule has 0 aliphatic carbocycles. The van der Waals surface area contributed by atoms with Crippen LogP contribution in [0.3, 0.4) is 0 Å². The number of nitrogens with two attached hydrogens (primary N) is 2. The van der Waals surface area contributed by atoms with Crippen LogP contribution in [-0.4, -0.2) is 48.6 Å². The van der Waals surface area contributed by atoms with Gasteiger partial charge in [0.2, 0.25) is 11.8 Å². The third-order valence-electron chi connectivity index (χ3n) is 2.22. The molecule has 1 fully saturated rings. The summed E-state index contributed by atoms with van der Waals surface area (Å²) in [5, 5.41) is 0. The Morgan fingerprint density at radius 1 is 1.57 bits per heavy atom. The number of hydrogen-bond donors (Lipinski definition) is 2. The molecule has 1 rings (SSSR count). The number of ether oxygens (including phenoxy) is 1. The van der Waals surface area contributed by atoms with Crippen LogP contribution in [-0.2, 0) is 14.3 Å². The molecule has 0 aromatic carbocycles. The molecule has 0 unspecified atom stereocenters. The molecule has 1 heterocycles. The maximum Gasteiger partial charge on any atom is 0.249 e. The van der Waals surface area contributed by atoms with Crippen LogP contribution in [0, 0.1) is 0 Å². The molecule has 0 aromatic rings. The molecule has 2 atom stereocenters. The fourth-order valence-corrected chi connectivity index (χ4v) is 1.35. The van der Waals surface area contributed by atoms with Crippen LogP contribution >= 0.6 is 0 Å². The van der Waals surface area contributed by atoms with Crippen LogP contribution in [0.4, 0.5) is 0 Å². The third kappa shape index (κ3) is 2.21. The Morgan fingerprint density at radius 3 is 2.71 bits per heavy atom. The normalized spacial score (nSPS) is 24.4. The van der Waals surface area contributed by atoms with Crippen LogP contribution in [0.15, 0.2) is 0 Å². The van der Waals surface area contributed by atoms with Gasteiger partial charge in [-0.1, -0.05) is 0 Å². The lowest BCUT2D eigenvalue weighted by molar-refractivity contribution is -0.143. The largest absolute Gasteiger partial charge is 0.377 e. The minimum absolute atomic E-state index is 0.0540. The van der Waals surface area contributed by atoms with E-state index in [9.17, 15) is 9.59 Å². The highest BCUT2D eigenvalue weighted by Crippen LogP contribution is 2.07. The fourth-order valence-electron chi connectivity index (χ4n) is 1.35. The predicted molar refractivity (Wildman–Crippen MR) is 49.2 cm³/mol. The molecule has 1 saturated heterocycles. The van der Waals surface area contributed by atoms with Gasteiger partial charge in [-0.3, -0.25) is 9.59 Å². The molecule has 0 bridgehead atoms. The molecule has 6 nitrogen and oxygen atoms in total. The molecule has 1 aliphatic rings. The van der Waals surface area contributed by atoms with Crippen molar-refractivity contribution >= 4 is 11.8 Å². The molecule has 0 aromatic heterocycles. The number of hydrogen-bond acceptors (Lipinski definition) is 4. The number of nitrogens with zero attached hydrogens (tertiary/aromatic N) is 1. The molecular formula is C8H15N3O3. The quantitative estimate of drug-likeness (QED) is 0.507. The topological polar surface area (TPSA) is 98.7 Å². The van der Waals surface area contributed by atoms with E-state index >= 15 is 0 Å². The van der Waals surface area contributed by atoms with Gasteiger partial charge in [0.15, 0.2) is 6.04 Å². The van der Waals surface area contributed by atoms with Crippen molar-refractivity contribution in [2.24, 2.45) is 11.5 Å². The molecule has 6 heteroatoms. The lowest BCUT2D eigenvalue weighted by Gasteiger charge is -2.34. The maximum absolute atomic E-state index is 11.6. The van der Waals surface area contributed by atoms with E-state index in [0.717, 1.165) is 0 Å². The van der Waals surface area contributed by atoms with Gasteiger partial charge >= 0.3 is 0 Å². The van der Waals surface area contributed by atoms with E-state index in [1.165, 1.54) is 4.90 Å². The van der Waals surface area contributed by atoms with Gasteiger partial charge < -0.3 is 21.1 Å². The van der Waals surface area contributed by atoms with Gasteiger partial charge in [-0.05, 0) is 6.92 Å². The number of carbonyl (C=O) groups excluding carboxylic acids is 2. The summed E-state index contributed by atoms with van der Waals surface area (Å²) in [6.07, 6.45) is 0. The average molecular weight is 201 g/mol. The van der Waals surface area contributed by atoms with Crippen molar-refractivity contribution in [3.05, 3.63) is 0 Å². The summed E-state index contributed by atoms with van der Waals surface area (Å²) in [6, 6.07) is -1.29. The Labute approximate surface area is 82.2 Å². The second-order valence-electron chi connectivity index (χ2n) is 3.34. The zero-order valence-electron chi connectivity index (χ0n) is 8.10. The van der Waals surface area contributed by atoms with Crippen LogP contribution in [0.1, 0.15) is 6.92 Å². The molecule has 14 heavy (non-hydrogen) atoms. The van der Waals surface area contributed by atoms with Gasteiger partial charge in [0.25, 0.3) is 0 Å². The summed E-state index contributed by atoms with van der Waals surface area (Å²) in [7, 11) is 0. The lowest BCUT2D eigenvalue weighted by atomic mass is 10.2. The molecule has 0 radical (unpaired) electrons. The average Bonchev–Trinajstić information content (AvgIpc) is 2.16.